The van der Waals surface area contributed by atoms with Crippen LogP contribution in [0.4, 0.5) is 0 Å². The summed E-state index contributed by atoms with van der Waals surface area (Å²) in [4.78, 5) is 0. The average molecular weight is 421 g/mol. The number of benzene rings is 1. The fourth-order valence-corrected chi connectivity index (χ4v) is 2.95. The van der Waals surface area contributed by atoms with E-state index in [4.69, 9.17) is 17.0 Å². The molecule has 20 heavy (non-hydrogen) atoms. The van der Waals surface area contributed by atoms with Gasteiger partial charge in [-0.3, -0.25) is 5.43 Å². The van der Waals surface area contributed by atoms with Crippen molar-refractivity contribution in [3.05, 3.63) is 39.3 Å². The van der Waals surface area contributed by atoms with Crippen molar-refractivity contribution in [2.45, 2.75) is 6.92 Å². The molecule has 0 aromatic heterocycles. The molecule has 0 spiro atoms. The van der Waals surface area contributed by atoms with Gasteiger partial charge in [0.05, 0.1) is 15.2 Å². The van der Waals surface area contributed by atoms with E-state index in [2.05, 4.69) is 54.3 Å². The van der Waals surface area contributed by atoms with Gasteiger partial charge in [-0.05, 0) is 68.7 Å². The van der Waals surface area contributed by atoms with Crippen LogP contribution in [0.25, 0.3) is 0 Å². The monoisotopic (exact) mass is 419 g/mol. The lowest BCUT2D eigenvalue weighted by Crippen LogP contribution is -2.31. The summed E-state index contributed by atoms with van der Waals surface area (Å²) >= 11 is 11.9. The quantitative estimate of drug-likeness (QED) is 0.319. The van der Waals surface area contributed by atoms with E-state index in [1.165, 1.54) is 0 Å². The first-order valence-corrected chi connectivity index (χ1v) is 7.87. The van der Waals surface area contributed by atoms with Gasteiger partial charge in [0, 0.05) is 6.54 Å². The minimum atomic E-state index is 0.448. The normalized spacial score (nSPS) is 10.3. The van der Waals surface area contributed by atoms with Gasteiger partial charge in [-0.2, -0.15) is 5.10 Å². The molecular formula is C13H15Br2N3OS. The Morgan fingerprint density at radius 3 is 2.65 bits per heavy atom. The summed E-state index contributed by atoms with van der Waals surface area (Å²) in [6, 6.07) is 3.81. The van der Waals surface area contributed by atoms with Gasteiger partial charge in [0.25, 0.3) is 0 Å². The maximum atomic E-state index is 5.54. The van der Waals surface area contributed by atoms with Crippen LogP contribution >= 0.6 is 44.1 Å². The molecule has 0 saturated carbocycles. The van der Waals surface area contributed by atoms with Crippen LogP contribution in [-0.4, -0.2) is 24.5 Å². The van der Waals surface area contributed by atoms with Crippen LogP contribution in [0, 0.1) is 0 Å². The van der Waals surface area contributed by atoms with E-state index in [1.54, 1.807) is 12.3 Å². The van der Waals surface area contributed by atoms with E-state index in [1.807, 2.05) is 19.1 Å². The molecule has 0 radical (unpaired) electrons. The molecule has 0 unspecified atom stereocenters. The molecule has 0 atom stereocenters. The molecule has 0 amide bonds. The third-order valence-corrected chi connectivity index (χ3v) is 3.50. The van der Waals surface area contributed by atoms with Crippen LogP contribution in [0.3, 0.4) is 0 Å². The topological polar surface area (TPSA) is 45.6 Å². The number of nitrogens with one attached hydrogen (secondary N) is 2. The molecule has 0 fully saturated rings. The molecule has 0 aliphatic rings. The maximum Gasteiger partial charge on any atom is 0.186 e. The Balaban J connectivity index is 2.75. The molecule has 0 saturated heterocycles. The average Bonchev–Trinajstić information content (AvgIpc) is 2.38. The largest absolute Gasteiger partial charge is 0.487 e. The van der Waals surface area contributed by atoms with E-state index < -0.39 is 0 Å². The summed E-state index contributed by atoms with van der Waals surface area (Å²) in [6.45, 7) is 6.79. The van der Waals surface area contributed by atoms with Crippen molar-refractivity contribution >= 4 is 55.4 Å². The van der Waals surface area contributed by atoms with Gasteiger partial charge in [0.2, 0.25) is 0 Å². The van der Waals surface area contributed by atoms with Crippen molar-refractivity contribution < 1.29 is 4.74 Å². The highest BCUT2D eigenvalue weighted by Gasteiger charge is 2.07. The lowest BCUT2D eigenvalue weighted by atomic mass is 10.2. The molecule has 4 nitrogen and oxygen atoms in total. The number of rotatable bonds is 6. The van der Waals surface area contributed by atoms with Gasteiger partial charge in [-0.1, -0.05) is 12.7 Å². The molecule has 7 heteroatoms. The Hall–Kier alpha value is -0.920. The summed E-state index contributed by atoms with van der Waals surface area (Å²) in [5, 5.41) is 7.50. The second-order valence-electron chi connectivity index (χ2n) is 3.64. The van der Waals surface area contributed by atoms with Crippen molar-refractivity contribution in [2.75, 3.05) is 13.2 Å². The van der Waals surface area contributed by atoms with Crippen LogP contribution in [0.5, 0.6) is 5.75 Å². The molecule has 1 rings (SSSR count). The van der Waals surface area contributed by atoms with Gasteiger partial charge in [-0.15, -0.1) is 0 Å². The second kappa shape index (κ2) is 9.10. The lowest BCUT2D eigenvalue weighted by molar-refractivity contribution is 0.358. The van der Waals surface area contributed by atoms with Gasteiger partial charge in [-0.25, -0.2) is 0 Å². The Morgan fingerprint density at radius 2 is 2.10 bits per heavy atom. The van der Waals surface area contributed by atoms with E-state index >= 15 is 0 Å². The number of hydrogen-bond donors (Lipinski definition) is 2. The molecule has 108 valence electrons. The number of hydrazone groups is 1. The second-order valence-corrected chi connectivity index (χ2v) is 5.76. The highest BCUT2D eigenvalue weighted by atomic mass is 79.9. The molecular weight excluding hydrogens is 406 g/mol. The molecule has 0 aliphatic carbocycles. The van der Waals surface area contributed by atoms with E-state index in [9.17, 15) is 0 Å². The van der Waals surface area contributed by atoms with Crippen molar-refractivity contribution in [1.29, 1.82) is 0 Å². The Labute approximate surface area is 140 Å². The minimum Gasteiger partial charge on any atom is -0.487 e. The van der Waals surface area contributed by atoms with E-state index in [0.29, 0.717) is 11.7 Å². The number of halogens is 2. The SMILES string of the molecule is C=CCOc1c(Br)cc(/C=N/NC(=S)NCC)cc1Br. The van der Waals surface area contributed by atoms with Gasteiger partial charge >= 0.3 is 0 Å². The standard InChI is InChI=1S/C13H15Br2N3OS/c1-3-5-19-12-10(14)6-9(7-11(12)15)8-17-18-13(20)16-4-2/h3,6-8H,1,4-5H2,2H3,(H2,16,18,20)/b17-8+. The van der Waals surface area contributed by atoms with Gasteiger partial charge in [0.1, 0.15) is 12.4 Å². The van der Waals surface area contributed by atoms with Crippen LogP contribution < -0.4 is 15.5 Å². The molecule has 1 aromatic rings. The van der Waals surface area contributed by atoms with Crippen molar-refractivity contribution in [3.63, 3.8) is 0 Å². The van der Waals surface area contributed by atoms with Gasteiger partial charge < -0.3 is 10.1 Å². The third kappa shape index (κ3) is 5.60. The first-order chi connectivity index (χ1) is 9.58. The van der Waals surface area contributed by atoms with Crippen LogP contribution in [-0.2, 0) is 0 Å². The highest BCUT2D eigenvalue weighted by Crippen LogP contribution is 2.34. The lowest BCUT2D eigenvalue weighted by Gasteiger charge is -2.09. The summed E-state index contributed by atoms with van der Waals surface area (Å²) in [5.74, 6) is 0.734. The fraction of sp³-hybridized carbons (Fsp3) is 0.231. The first-order valence-electron chi connectivity index (χ1n) is 5.88. The van der Waals surface area contributed by atoms with Crippen molar-refractivity contribution in [2.24, 2.45) is 5.10 Å². The third-order valence-electron chi connectivity index (χ3n) is 2.08. The predicted octanol–water partition coefficient (Wildman–Crippen LogP) is 3.59. The van der Waals surface area contributed by atoms with Crippen LogP contribution in [0.1, 0.15) is 12.5 Å². The number of hydrogen-bond acceptors (Lipinski definition) is 3. The Morgan fingerprint density at radius 1 is 1.45 bits per heavy atom. The molecule has 0 aliphatic heterocycles. The summed E-state index contributed by atoms with van der Waals surface area (Å²) in [7, 11) is 0. The van der Waals surface area contributed by atoms with E-state index in [-0.39, 0.29) is 0 Å². The summed E-state index contributed by atoms with van der Waals surface area (Å²) in [6.07, 6.45) is 3.37. The smallest absolute Gasteiger partial charge is 0.186 e. The molecule has 1 aromatic carbocycles. The first kappa shape index (κ1) is 17.1. The van der Waals surface area contributed by atoms with Crippen molar-refractivity contribution in [3.8, 4) is 5.75 Å². The Kier molecular flexibility index (Phi) is 7.79. The van der Waals surface area contributed by atoms with Crippen LogP contribution in [0.15, 0.2) is 38.8 Å². The minimum absolute atomic E-state index is 0.448. The zero-order valence-corrected chi connectivity index (χ0v) is 14.9. The predicted molar refractivity (Wildman–Crippen MR) is 94.5 cm³/mol. The van der Waals surface area contributed by atoms with Crippen LogP contribution in [0.2, 0.25) is 0 Å². The highest BCUT2D eigenvalue weighted by molar-refractivity contribution is 9.11. The fourth-order valence-electron chi connectivity index (χ4n) is 1.30. The molecule has 0 bridgehead atoms. The van der Waals surface area contributed by atoms with Crippen molar-refractivity contribution in [1.82, 2.24) is 10.7 Å². The summed E-state index contributed by atoms with van der Waals surface area (Å²) in [5.41, 5.74) is 3.64. The maximum absolute atomic E-state index is 5.54. The number of ether oxygens (including phenoxy) is 1. The zero-order chi connectivity index (χ0) is 15.0. The Bertz CT molecular complexity index is 497. The molecule has 2 N–H and O–H groups in total. The zero-order valence-electron chi connectivity index (χ0n) is 11.0. The summed E-state index contributed by atoms with van der Waals surface area (Å²) < 4.78 is 7.22. The number of thiocarbonyl (C=S) groups is 1. The molecule has 0 heterocycles. The van der Waals surface area contributed by atoms with Gasteiger partial charge in [0.15, 0.2) is 5.11 Å². The van der Waals surface area contributed by atoms with E-state index in [0.717, 1.165) is 26.8 Å². The number of nitrogens with zero attached hydrogens (tertiary/aromatic N) is 1.